The molecule has 0 atom stereocenters. The highest BCUT2D eigenvalue weighted by Gasteiger charge is 2.23. The fourth-order valence-corrected chi connectivity index (χ4v) is 2.74. The minimum atomic E-state index is -0.738. The first-order chi connectivity index (χ1) is 11.8. The highest BCUT2D eigenvalue weighted by molar-refractivity contribution is 6.08. The minimum Gasteiger partial charge on any atom is -0.364 e. The molecule has 0 spiro atoms. The van der Waals surface area contributed by atoms with Crippen molar-refractivity contribution in [2.75, 3.05) is 5.32 Å². The van der Waals surface area contributed by atoms with Gasteiger partial charge in [-0.3, -0.25) is 23.7 Å². The summed E-state index contributed by atoms with van der Waals surface area (Å²) in [4.78, 5) is 36.8. The van der Waals surface area contributed by atoms with Gasteiger partial charge in [-0.2, -0.15) is 10.2 Å². The molecule has 128 valence electrons. The van der Waals surface area contributed by atoms with E-state index in [1.807, 2.05) is 0 Å². The smallest absolute Gasteiger partial charge is 0.280 e. The number of nitrogens with zero attached hydrogens (tertiary/aromatic N) is 4. The Hall–Kier alpha value is -3.49. The van der Waals surface area contributed by atoms with Crippen LogP contribution in [0.1, 0.15) is 26.7 Å². The number of aromatic nitrogens is 4. The Labute approximate surface area is 142 Å². The van der Waals surface area contributed by atoms with Crippen molar-refractivity contribution in [3.63, 3.8) is 0 Å². The van der Waals surface area contributed by atoms with Crippen molar-refractivity contribution in [3.8, 4) is 0 Å². The van der Waals surface area contributed by atoms with Crippen molar-refractivity contribution in [2.45, 2.75) is 6.92 Å². The van der Waals surface area contributed by atoms with E-state index in [0.717, 1.165) is 0 Å². The van der Waals surface area contributed by atoms with Gasteiger partial charge in [-0.25, -0.2) is 0 Å². The molecular formula is C16H16N6O3. The molecule has 2 aromatic heterocycles. The molecule has 1 aromatic carbocycles. The van der Waals surface area contributed by atoms with E-state index in [1.54, 1.807) is 38.2 Å². The van der Waals surface area contributed by atoms with Crippen LogP contribution in [0.2, 0.25) is 0 Å². The van der Waals surface area contributed by atoms with Crippen LogP contribution in [-0.2, 0) is 14.1 Å². The van der Waals surface area contributed by atoms with Gasteiger partial charge in [0.1, 0.15) is 5.69 Å². The zero-order valence-electron chi connectivity index (χ0n) is 13.9. The van der Waals surface area contributed by atoms with Crippen LogP contribution in [-0.4, -0.2) is 31.4 Å². The number of para-hydroxylation sites is 1. The van der Waals surface area contributed by atoms with Crippen molar-refractivity contribution in [1.82, 2.24) is 19.6 Å². The number of nitrogens with two attached hydrogens (primary N) is 1. The average Bonchev–Trinajstić information content (AvgIpc) is 2.84. The number of rotatable bonds is 3. The Morgan fingerprint density at radius 3 is 2.48 bits per heavy atom. The molecule has 2 amide bonds. The first kappa shape index (κ1) is 16.4. The Morgan fingerprint density at radius 1 is 1.12 bits per heavy atom. The van der Waals surface area contributed by atoms with Crippen LogP contribution in [0, 0.1) is 6.92 Å². The topological polar surface area (TPSA) is 125 Å². The molecular weight excluding hydrogens is 324 g/mol. The van der Waals surface area contributed by atoms with E-state index in [0.29, 0.717) is 16.6 Å². The van der Waals surface area contributed by atoms with E-state index in [4.69, 9.17) is 5.73 Å². The lowest BCUT2D eigenvalue weighted by atomic mass is 10.2. The zero-order valence-corrected chi connectivity index (χ0v) is 13.9. The number of amides is 2. The van der Waals surface area contributed by atoms with Crippen LogP contribution in [0.15, 0.2) is 29.1 Å². The van der Waals surface area contributed by atoms with Crippen LogP contribution in [0.25, 0.3) is 10.9 Å². The van der Waals surface area contributed by atoms with E-state index < -0.39 is 17.2 Å². The first-order valence-electron chi connectivity index (χ1n) is 7.42. The summed E-state index contributed by atoms with van der Waals surface area (Å²) in [6, 6.07) is 6.85. The van der Waals surface area contributed by atoms with E-state index >= 15 is 0 Å². The Bertz CT molecular complexity index is 1080. The second-order valence-corrected chi connectivity index (χ2v) is 5.57. The predicted molar refractivity (Wildman–Crippen MR) is 91.4 cm³/mol. The fourth-order valence-electron chi connectivity index (χ4n) is 2.74. The average molecular weight is 340 g/mol. The lowest BCUT2D eigenvalue weighted by Gasteiger charge is -2.09. The molecule has 0 fully saturated rings. The third-order valence-electron chi connectivity index (χ3n) is 3.87. The molecule has 0 radical (unpaired) electrons. The molecule has 9 heteroatoms. The predicted octanol–water partition coefficient (Wildman–Crippen LogP) is 0.327. The van der Waals surface area contributed by atoms with Crippen LogP contribution >= 0.6 is 0 Å². The first-order valence-corrected chi connectivity index (χ1v) is 7.42. The summed E-state index contributed by atoms with van der Waals surface area (Å²) in [6.45, 7) is 1.62. The summed E-state index contributed by atoms with van der Waals surface area (Å²) in [5.41, 5.74) is 5.79. The molecule has 0 bridgehead atoms. The number of carbonyl (C=O) groups is 2. The van der Waals surface area contributed by atoms with Crippen molar-refractivity contribution in [2.24, 2.45) is 19.8 Å². The number of anilines is 1. The number of carbonyl (C=O) groups excluding carboxylic acids is 2. The quantitative estimate of drug-likeness (QED) is 0.710. The second kappa shape index (κ2) is 5.86. The monoisotopic (exact) mass is 340 g/mol. The standard InChI is InChI=1S/C16H16N6O3/c1-8-11(13(15(17)24)22(3)19-8)18-16(25)12-14(23)9-6-4-5-7-10(9)21(2)20-12/h4-7H,1-3H3,(H2,17,24)(H,18,25). The summed E-state index contributed by atoms with van der Waals surface area (Å²) in [5, 5.41) is 11.0. The number of fused-ring (bicyclic) bond motifs is 1. The van der Waals surface area contributed by atoms with Gasteiger partial charge in [0.25, 0.3) is 11.8 Å². The summed E-state index contributed by atoms with van der Waals surface area (Å²) in [5.74, 6) is -1.47. The highest BCUT2D eigenvalue weighted by atomic mass is 16.2. The number of aryl methyl sites for hydroxylation is 3. The van der Waals surface area contributed by atoms with Crippen molar-refractivity contribution < 1.29 is 9.59 Å². The summed E-state index contributed by atoms with van der Waals surface area (Å²) >= 11 is 0. The van der Waals surface area contributed by atoms with Gasteiger partial charge in [-0.15, -0.1) is 0 Å². The van der Waals surface area contributed by atoms with Crippen molar-refractivity contribution >= 4 is 28.4 Å². The molecule has 0 aliphatic rings. The maximum atomic E-state index is 12.6. The molecule has 3 N–H and O–H groups in total. The van der Waals surface area contributed by atoms with E-state index in [9.17, 15) is 14.4 Å². The van der Waals surface area contributed by atoms with Gasteiger partial charge >= 0.3 is 0 Å². The molecule has 0 aliphatic heterocycles. The molecule has 25 heavy (non-hydrogen) atoms. The van der Waals surface area contributed by atoms with Crippen LogP contribution in [0.5, 0.6) is 0 Å². The molecule has 2 heterocycles. The lowest BCUT2D eigenvalue weighted by molar-refractivity contribution is 0.0992. The summed E-state index contributed by atoms with van der Waals surface area (Å²) < 4.78 is 2.73. The molecule has 3 rings (SSSR count). The fraction of sp³-hybridized carbons (Fsp3) is 0.188. The zero-order chi connectivity index (χ0) is 18.3. The van der Waals surface area contributed by atoms with Crippen molar-refractivity contribution in [3.05, 3.63) is 51.6 Å². The number of primary amides is 1. The SMILES string of the molecule is Cc1nn(C)c(C(N)=O)c1NC(=O)c1nn(C)c2ccccc2c1=O. The maximum absolute atomic E-state index is 12.6. The molecule has 0 saturated heterocycles. The number of nitrogens with one attached hydrogen (secondary N) is 1. The molecule has 3 aromatic rings. The second-order valence-electron chi connectivity index (χ2n) is 5.57. The maximum Gasteiger partial charge on any atom is 0.280 e. The molecule has 9 nitrogen and oxygen atoms in total. The van der Waals surface area contributed by atoms with Crippen molar-refractivity contribution in [1.29, 1.82) is 0 Å². The highest BCUT2D eigenvalue weighted by Crippen LogP contribution is 2.19. The van der Waals surface area contributed by atoms with Gasteiger partial charge < -0.3 is 11.1 Å². The summed E-state index contributed by atoms with van der Waals surface area (Å²) in [6.07, 6.45) is 0. The van der Waals surface area contributed by atoms with E-state index in [-0.39, 0.29) is 17.1 Å². The van der Waals surface area contributed by atoms with Gasteiger partial charge in [-0.1, -0.05) is 12.1 Å². The third kappa shape index (κ3) is 2.65. The molecule has 0 unspecified atom stereocenters. The number of benzene rings is 1. The van der Waals surface area contributed by atoms with Gasteiger partial charge in [-0.05, 0) is 19.1 Å². The van der Waals surface area contributed by atoms with Crippen LogP contribution < -0.4 is 16.5 Å². The Balaban J connectivity index is 2.10. The summed E-state index contributed by atoms with van der Waals surface area (Å²) in [7, 11) is 3.18. The van der Waals surface area contributed by atoms with Gasteiger partial charge in [0.05, 0.1) is 16.9 Å². The van der Waals surface area contributed by atoms with E-state index in [2.05, 4.69) is 15.5 Å². The number of hydrogen-bond acceptors (Lipinski definition) is 5. The van der Waals surface area contributed by atoms with E-state index in [1.165, 1.54) is 16.4 Å². The molecule has 0 aliphatic carbocycles. The number of hydrogen-bond donors (Lipinski definition) is 2. The Kier molecular flexibility index (Phi) is 3.84. The van der Waals surface area contributed by atoms with Gasteiger partial charge in [0.2, 0.25) is 5.43 Å². The largest absolute Gasteiger partial charge is 0.364 e. The normalized spacial score (nSPS) is 10.8. The molecule has 0 saturated carbocycles. The van der Waals surface area contributed by atoms with Crippen LogP contribution in [0.3, 0.4) is 0 Å². The minimum absolute atomic E-state index is 0.0449. The third-order valence-corrected chi connectivity index (χ3v) is 3.87. The van der Waals surface area contributed by atoms with Gasteiger partial charge in [0.15, 0.2) is 5.69 Å². The Morgan fingerprint density at radius 2 is 1.80 bits per heavy atom. The lowest BCUT2D eigenvalue weighted by Crippen LogP contribution is -2.27. The van der Waals surface area contributed by atoms with Gasteiger partial charge in [0, 0.05) is 19.5 Å². The van der Waals surface area contributed by atoms with Crippen LogP contribution in [0.4, 0.5) is 5.69 Å².